The molecule has 1 fully saturated rings. The van der Waals surface area contributed by atoms with Crippen LogP contribution in [0.25, 0.3) is 0 Å². The van der Waals surface area contributed by atoms with E-state index in [1.807, 2.05) is 63.2 Å². The Morgan fingerprint density at radius 2 is 1.66 bits per heavy atom. The minimum absolute atomic E-state index is 0.0647. The maximum atomic E-state index is 12.7. The van der Waals surface area contributed by atoms with Crippen molar-refractivity contribution in [1.29, 1.82) is 0 Å². The standard InChI is InChI=1S/C25H32N2O5/c1-4-30-21-10-8-7-9-20(21)27-17-19(16-24(27)28)25(29)26-14-13-18-11-12-22(31-5-2)23(15-18)32-6-3/h7-12,15,19H,4-6,13-14,16-17H2,1-3H3,(H,26,29)/t19-/m0/s1. The summed E-state index contributed by atoms with van der Waals surface area (Å²) in [6, 6.07) is 13.3. The maximum Gasteiger partial charge on any atom is 0.227 e. The Kier molecular flexibility index (Phi) is 8.36. The molecule has 1 aliphatic rings. The zero-order valence-corrected chi connectivity index (χ0v) is 19.1. The van der Waals surface area contributed by atoms with Crippen LogP contribution in [0.4, 0.5) is 5.69 Å². The van der Waals surface area contributed by atoms with E-state index < -0.39 is 0 Å². The topological polar surface area (TPSA) is 77.1 Å². The number of hydrogen-bond donors (Lipinski definition) is 1. The fourth-order valence-corrected chi connectivity index (χ4v) is 3.80. The van der Waals surface area contributed by atoms with Gasteiger partial charge in [-0.15, -0.1) is 0 Å². The number of nitrogens with one attached hydrogen (secondary N) is 1. The van der Waals surface area contributed by atoms with Crippen molar-refractivity contribution in [1.82, 2.24) is 5.32 Å². The number of rotatable bonds is 11. The summed E-state index contributed by atoms with van der Waals surface area (Å²) in [6.07, 6.45) is 0.861. The second-order valence-electron chi connectivity index (χ2n) is 7.49. The van der Waals surface area contributed by atoms with Gasteiger partial charge in [0.05, 0.1) is 31.4 Å². The van der Waals surface area contributed by atoms with Gasteiger partial charge in [-0.05, 0) is 57.0 Å². The highest BCUT2D eigenvalue weighted by atomic mass is 16.5. The molecule has 0 unspecified atom stereocenters. The van der Waals surface area contributed by atoms with E-state index in [1.165, 1.54) is 0 Å². The van der Waals surface area contributed by atoms with E-state index in [1.54, 1.807) is 4.90 Å². The van der Waals surface area contributed by atoms with Crippen molar-refractivity contribution < 1.29 is 23.8 Å². The van der Waals surface area contributed by atoms with Crippen LogP contribution >= 0.6 is 0 Å². The number of benzene rings is 2. The number of anilines is 1. The summed E-state index contributed by atoms with van der Waals surface area (Å²) in [7, 11) is 0. The average Bonchev–Trinajstić information content (AvgIpc) is 3.18. The molecule has 0 bridgehead atoms. The van der Waals surface area contributed by atoms with E-state index in [0.717, 1.165) is 11.3 Å². The Morgan fingerprint density at radius 3 is 2.41 bits per heavy atom. The van der Waals surface area contributed by atoms with Gasteiger partial charge >= 0.3 is 0 Å². The first-order valence-corrected chi connectivity index (χ1v) is 11.3. The van der Waals surface area contributed by atoms with Crippen molar-refractivity contribution in [3.8, 4) is 17.2 Å². The van der Waals surface area contributed by atoms with Crippen LogP contribution in [-0.2, 0) is 16.0 Å². The largest absolute Gasteiger partial charge is 0.492 e. The molecule has 2 aromatic rings. The molecule has 3 rings (SSSR count). The molecule has 0 saturated carbocycles. The highest BCUT2D eigenvalue weighted by Crippen LogP contribution is 2.33. The number of nitrogens with zero attached hydrogens (tertiary/aromatic N) is 1. The first-order valence-electron chi connectivity index (χ1n) is 11.3. The molecule has 0 radical (unpaired) electrons. The van der Waals surface area contributed by atoms with Gasteiger partial charge in [-0.3, -0.25) is 9.59 Å². The van der Waals surface area contributed by atoms with Crippen LogP contribution < -0.4 is 24.4 Å². The van der Waals surface area contributed by atoms with Crippen LogP contribution in [-0.4, -0.2) is 44.7 Å². The number of carbonyl (C=O) groups is 2. The van der Waals surface area contributed by atoms with Gasteiger partial charge in [0, 0.05) is 19.5 Å². The quantitative estimate of drug-likeness (QED) is 0.578. The molecule has 1 heterocycles. The molecule has 1 atom stereocenters. The highest BCUT2D eigenvalue weighted by molar-refractivity contribution is 6.01. The number of amides is 2. The number of hydrogen-bond acceptors (Lipinski definition) is 5. The Morgan fingerprint density at radius 1 is 0.969 bits per heavy atom. The molecule has 2 aromatic carbocycles. The zero-order chi connectivity index (χ0) is 22.9. The Hall–Kier alpha value is -3.22. The summed E-state index contributed by atoms with van der Waals surface area (Å²) in [4.78, 5) is 27.0. The molecule has 7 heteroatoms. The molecule has 0 spiro atoms. The van der Waals surface area contributed by atoms with Crippen molar-refractivity contribution in [2.75, 3.05) is 37.8 Å². The molecule has 172 valence electrons. The average molecular weight is 441 g/mol. The van der Waals surface area contributed by atoms with E-state index in [0.29, 0.717) is 56.5 Å². The Bertz CT molecular complexity index is 930. The second-order valence-corrected chi connectivity index (χ2v) is 7.49. The summed E-state index contributed by atoms with van der Waals surface area (Å²) in [5.74, 6) is 1.54. The fourth-order valence-electron chi connectivity index (χ4n) is 3.80. The lowest BCUT2D eigenvalue weighted by Crippen LogP contribution is -2.34. The van der Waals surface area contributed by atoms with Crippen LogP contribution in [0, 0.1) is 5.92 Å². The summed E-state index contributed by atoms with van der Waals surface area (Å²) in [5, 5.41) is 2.98. The van der Waals surface area contributed by atoms with Crippen molar-refractivity contribution in [2.24, 2.45) is 5.92 Å². The minimum Gasteiger partial charge on any atom is -0.492 e. The SMILES string of the molecule is CCOc1ccc(CCNC(=O)[C@H]2CC(=O)N(c3ccccc3OCC)C2)cc1OCC. The molecule has 1 N–H and O–H groups in total. The Labute approximate surface area is 189 Å². The highest BCUT2D eigenvalue weighted by Gasteiger charge is 2.36. The number of ether oxygens (including phenoxy) is 3. The monoisotopic (exact) mass is 440 g/mol. The number of carbonyl (C=O) groups excluding carboxylic acids is 2. The summed E-state index contributed by atoms with van der Waals surface area (Å²) < 4.78 is 16.9. The van der Waals surface area contributed by atoms with E-state index in [4.69, 9.17) is 14.2 Å². The summed E-state index contributed by atoms with van der Waals surface area (Å²) >= 11 is 0. The first-order chi connectivity index (χ1) is 15.6. The maximum absolute atomic E-state index is 12.7. The fraction of sp³-hybridized carbons (Fsp3) is 0.440. The lowest BCUT2D eigenvalue weighted by Gasteiger charge is -2.20. The van der Waals surface area contributed by atoms with Crippen LogP contribution in [0.15, 0.2) is 42.5 Å². The predicted molar refractivity (Wildman–Crippen MR) is 124 cm³/mol. The van der Waals surface area contributed by atoms with Gasteiger partial charge in [0.1, 0.15) is 5.75 Å². The molecule has 2 amide bonds. The third-order valence-electron chi connectivity index (χ3n) is 5.27. The molecule has 1 aliphatic heterocycles. The van der Waals surface area contributed by atoms with E-state index in [9.17, 15) is 9.59 Å². The van der Waals surface area contributed by atoms with E-state index in [2.05, 4.69) is 5.32 Å². The van der Waals surface area contributed by atoms with Crippen LogP contribution in [0.5, 0.6) is 17.2 Å². The van der Waals surface area contributed by atoms with Gasteiger partial charge in [-0.2, -0.15) is 0 Å². The second kappa shape index (κ2) is 11.4. The lowest BCUT2D eigenvalue weighted by atomic mass is 10.1. The molecular formula is C25H32N2O5. The van der Waals surface area contributed by atoms with Gasteiger partial charge in [0.25, 0.3) is 0 Å². The molecule has 7 nitrogen and oxygen atoms in total. The van der Waals surface area contributed by atoms with Gasteiger partial charge < -0.3 is 24.4 Å². The normalized spacial score (nSPS) is 15.5. The van der Waals surface area contributed by atoms with Crippen molar-refractivity contribution >= 4 is 17.5 Å². The van der Waals surface area contributed by atoms with Crippen molar-refractivity contribution in [2.45, 2.75) is 33.6 Å². The molecule has 0 aromatic heterocycles. The third-order valence-corrected chi connectivity index (χ3v) is 5.27. The van der Waals surface area contributed by atoms with Gasteiger partial charge in [0.2, 0.25) is 11.8 Å². The predicted octanol–water partition coefficient (Wildman–Crippen LogP) is 3.59. The van der Waals surface area contributed by atoms with Crippen LogP contribution in [0.2, 0.25) is 0 Å². The molecule has 0 aliphatic carbocycles. The zero-order valence-electron chi connectivity index (χ0n) is 19.1. The number of para-hydroxylation sites is 2. The van der Waals surface area contributed by atoms with Crippen molar-refractivity contribution in [3.05, 3.63) is 48.0 Å². The lowest BCUT2D eigenvalue weighted by molar-refractivity contribution is -0.126. The van der Waals surface area contributed by atoms with E-state index >= 15 is 0 Å². The summed E-state index contributed by atoms with van der Waals surface area (Å²) in [5.41, 5.74) is 1.76. The van der Waals surface area contributed by atoms with Gasteiger partial charge in [0.15, 0.2) is 11.5 Å². The first kappa shape index (κ1) is 23.4. The molecule has 1 saturated heterocycles. The molecular weight excluding hydrogens is 408 g/mol. The van der Waals surface area contributed by atoms with Crippen molar-refractivity contribution in [3.63, 3.8) is 0 Å². The smallest absolute Gasteiger partial charge is 0.227 e. The van der Waals surface area contributed by atoms with Gasteiger partial charge in [-0.1, -0.05) is 18.2 Å². The van der Waals surface area contributed by atoms with Crippen LogP contribution in [0.1, 0.15) is 32.8 Å². The third kappa shape index (κ3) is 5.72. The van der Waals surface area contributed by atoms with E-state index in [-0.39, 0.29) is 24.2 Å². The van der Waals surface area contributed by atoms with Crippen LogP contribution in [0.3, 0.4) is 0 Å². The Balaban J connectivity index is 1.56. The summed E-state index contributed by atoms with van der Waals surface area (Å²) in [6.45, 7) is 8.25. The molecule has 32 heavy (non-hydrogen) atoms. The van der Waals surface area contributed by atoms with Gasteiger partial charge in [-0.25, -0.2) is 0 Å². The minimum atomic E-state index is -0.378.